The van der Waals surface area contributed by atoms with Gasteiger partial charge in [-0.15, -0.1) is 0 Å². The molecular formula is C12H13FN4O. The number of piperidine rings is 1. The molecule has 0 unspecified atom stereocenters. The lowest BCUT2D eigenvalue weighted by atomic mass is 10.1. The zero-order valence-corrected chi connectivity index (χ0v) is 9.77. The van der Waals surface area contributed by atoms with E-state index in [1.165, 1.54) is 18.6 Å². The lowest BCUT2D eigenvalue weighted by Crippen LogP contribution is -2.26. The summed E-state index contributed by atoms with van der Waals surface area (Å²) in [6, 6.07) is 3.00. The van der Waals surface area contributed by atoms with Gasteiger partial charge in [-0.3, -0.25) is 0 Å². The molecule has 0 aliphatic carbocycles. The number of hydrogen-bond donors (Lipinski definition) is 1. The van der Waals surface area contributed by atoms with Crippen LogP contribution >= 0.6 is 0 Å². The Hall–Kier alpha value is -1.82. The molecule has 0 amide bonds. The first-order chi connectivity index (χ1) is 8.83. The van der Waals surface area contributed by atoms with Crippen LogP contribution in [0, 0.1) is 5.82 Å². The van der Waals surface area contributed by atoms with Crippen molar-refractivity contribution in [2.75, 3.05) is 6.54 Å². The molecule has 1 N–H and O–H groups in total. The second kappa shape index (κ2) is 4.81. The summed E-state index contributed by atoms with van der Waals surface area (Å²) in [6.07, 6.45) is 4.48. The fraction of sp³-hybridized carbons (Fsp3) is 0.417. The average Bonchev–Trinajstić information content (AvgIpc) is 2.90. The van der Waals surface area contributed by atoms with Crippen molar-refractivity contribution < 1.29 is 8.91 Å². The van der Waals surface area contributed by atoms with Crippen molar-refractivity contribution in [3.63, 3.8) is 0 Å². The number of nitrogens with zero attached hydrogens (tertiary/aromatic N) is 3. The molecule has 3 heterocycles. The van der Waals surface area contributed by atoms with Crippen LogP contribution in [0.1, 0.15) is 31.2 Å². The van der Waals surface area contributed by atoms with Gasteiger partial charge in [0, 0.05) is 0 Å². The zero-order chi connectivity index (χ0) is 12.4. The van der Waals surface area contributed by atoms with Gasteiger partial charge in [0.15, 0.2) is 0 Å². The Morgan fingerprint density at radius 3 is 3.00 bits per heavy atom. The van der Waals surface area contributed by atoms with Crippen LogP contribution in [0.4, 0.5) is 4.39 Å². The van der Waals surface area contributed by atoms with Gasteiger partial charge < -0.3 is 9.84 Å². The SMILES string of the molecule is Fc1ccc(-c2noc([C@H]3CCCCN3)n2)nc1. The first kappa shape index (κ1) is 11.3. The van der Waals surface area contributed by atoms with Crippen LogP contribution in [0.3, 0.4) is 0 Å². The van der Waals surface area contributed by atoms with Crippen LogP contribution in [-0.2, 0) is 0 Å². The number of hydrogen-bond acceptors (Lipinski definition) is 5. The average molecular weight is 248 g/mol. The lowest BCUT2D eigenvalue weighted by Gasteiger charge is -2.19. The Balaban J connectivity index is 1.82. The Morgan fingerprint density at radius 2 is 2.28 bits per heavy atom. The van der Waals surface area contributed by atoms with E-state index < -0.39 is 0 Å². The first-order valence-corrected chi connectivity index (χ1v) is 6.02. The molecule has 0 radical (unpaired) electrons. The van der Waals surface area contributed by atoms with Crippen molar-refractivity contribution in [1.29, 1.82) is 0 Å². The molecule has 2 aromatic heterocycles. The molecular weight excluding hydrogens is 235 g/mol. The maximum absolute atomic E-state index is 12.8. The molecule has 3 rings (SSSR count). The molecule has 6 heteroatoms. The van der Waals surface area contributed by atoms with Crippen LogP contribution in [0.2, 0.25) is 0 Å². The summed E-state index contributed by atoms with van der Waals surface area (Å²) in [4.78, 5) is 8.24. The summed E-state index contributed by atoms with van der Waals surface area (Å²) in [5.41, 5.74) is 0.516. The fourth-order valence-electron chi connectivity index (χ4n) is 2.05. The molecule has 94 valence electrons. The predicted octanol–water partition coefficient (Wildman–Crippen LogP) is 2.09. The topological polar surface area (TPSA) is 63.8 Å². The van der Waals surface area contributed by atoms with Gasteiger partial charge in [-0.2, -0.15) is 4.98 Å². The normalized spacial score (nSPS) is 19.9. The third kappa shape index (κ3) is 2.24. The van der Waals surface area contributed by atoms with E-state index in [4.69, 9.17) is 4.52 Å². The molecule has 0 bridgehead atoms. The molecule has 0 saturated carbocycles. The quantitative estimate of drug-likeness (QED) is 0.881. The van der Waals surface area contributed by atoms with E-state index >= 15 is 0 Å². The van der Waals surface area contributed by atoms with E-state index in [1.54, 1.807) is 0 Å². The van der Waals surface area contributed by atoms with Crippen molar-refractivity contribution >= 4 is 0 Å². The van der Waals surface area contributed by atoms with E-state index in [0.717, 1.165) is 25.6 Å². The summed E-state index contributed by atoms with van der Waals surface area (Å²) in [6.45, 7) is 0.969. The van der Waals surface area contributed by atoms with E-state index in [9.17, 15) is 4.39 Å². The first-order valence-electron chi connectivity index (χ1n) is 6.02. The molecule has 18 heavy (non-hydrogen) atoms. The summed E-state index contributed by atoms with van der Waals surface area (Å²) >= 11 is 0. The molecule has 2 aromatic rings. The van der Waals surface area contributed by atoms with Crippen LogP contribution in [0.5, 0.6) is 0 Å². The highest BCUT2D eigenvalue weighted by molar-refractivity contribution is 5.47. The summed E-state index contributed by atoms with van der Waals surface area (Å²) in [7, 11) is 0. The monoisotopic (exact) mass is 248 g/mol. The van der Waals surface area contributed by atoms with E-state index in [0.29, 0.717) is 17.4 Å². The molecule has 5 nitrogen and oxygen atoms in total. The second-order valence-corrected chi connectivity index (χ2v) is 4.32. The standard InChI is InChI=1S/C12H13FN4O/c13-8-4-5-9(15-7-8)11-16-12(18-17-11)10-3-1-2-6-14-10/h4-5,7,10,14H,1-3,6H2/t10-/m1/s1. The Morgan fingerprint density at radius 1 is 1.33 bits per heavy atom. The van der Waals surface area contributed by atoms with Crippen LogP contribution in [0.25, 0.3) is 11.5 Å². The van der Waals surface area contributed by atoms with Gasteiger partial charge in [-0.05, 0) is 31.5 Å². The molecule has 1 fully saturated rings. The van der Waals surface area contributed by atoms with Gasteiger partial charge in [0.05, 0.1) is 12.2 Å². The van der Waals surface area contributed by atoms with Gasteiger partial charge in [-0.1, -0.05) is 11.6 Å². The minimum absolute atomic E-state index is 0.125. The van der Waals surface area contributed by atoms with E-state index in [-0.39, 0.29) is 11.9 Å². The maximum atomic E-state index is 12.8. The summed E-state index contributed by atoms with van der Waals surface area (Å²) in [5.74, 6) is 0.601. The number of nitrogens with one attached hydrogen (secondary N) is 1. The smallest absolute Gasteiger partial charge is 0.244 e. The van der Waals surface area contributed by atoms with Crippen molar-refractivity contribution in [3.8, 4) is 11.5 Å². The zero-order valence-electron chi connectivity index (χ0n) is 9.77. The number of rotatable bonds is 2. The molecule has 1 saturated heterocycles. The van der Waals surface area contributed by atoms with Gasteiger partial charge in [0.2, 0.25) is 11.7 Å². The molecule has 1 atom stereocenters. The third-order valence-corrected chi connectivity index (χ3v) is 3.01. The third-order valence-electron chi connectivity index (χ3n) is 3.01. The second-order valence-electron chi connectivity index (χ2n) is 4.32. The maximum Gasteiger partial charge on any atom is 0.244 e. The summed E-state index contributed by atoms with van der Waals surface area (Å²) in [5, 5.41) is 7.21. The van der Waals surface area contributed by atoms with Crippen LogP contribution in [-0.4, -0.2) is 21.7 Å². The Labute approximate surface area is 103 Å². The molecule has 0 aromatic carbocycles. The highest BCUT2D eigenvalue weighted by Gasteiger charge is 2.21. The number of aromatic nitrogens is 3. The van der Waals surface area contributed by atoms with Crippen LogP contribution < -0.4 is 5.32 Å². The Kier molecular flexibility index (Phi) is 3.02. The van der Waals surface area contributed by atoms with Crippen molar-refractivity contribution in [2.45, 2.75) is 25.3 Å². The van der Waals surface area contributed by atoms with Crippen molar-refractivity contribution in [1.82, 2.24) is 20.4 Å². The minimum Gasteiger partial charge on any atom is -0.337 e. The molecule has 1 aliphatic rings. The highest BCUT2D eigenvalue weighted by atomic mass is 19.1. The van der Waals surface area contributed by atoms with E-state index in [1.807, 2.05) is 0 Å². The lowest BCUT2D eigenvalue weighted by molar-refractivity contribution is 0.297. The van der Waals surface area contributed by atoms with Crippen molar-refractivity contribution in [2.24, 2.45) is 0 Å². The van der Waals surface area contributed by atoms with E-state index in [2.05, 4.69) is 20.4 Å². The molecule has 1 aliphatic heterocycles. The minimum atomic E-state index is -0.378. The molecule has 0 spiro atoms. The predicted molar refractivity (Wildman–Crippen MR) is 62.1 cm³/mol. The van der Waals surface area contributed by atoms with Gasteiger partial charge >= 0.3 is 0 Å². The van der Waals surface area contributed by atoms with Crippen LogP contribution in [0.15, 0.2) is 22.9 Å². The number of halogens is 1. The number of pyridine rings is 1. The fourth-order valence-corrected chi connectivity index (χ4v) is 2.05. The highest BCUT2D eigenvalue weighted by Crippen LogP contribution is 2.23. The Bertz CT molecular complexity index is 519. The largest absolute Gasteiger partial charge is 0.337 e. The van der Waals surface area contributed by atoms with Crippen molar-refractivity contribution in [3.05, 3.63) is 30.0 Å². The van der Waals surface area contributed by atoms with Gasteiger partial charge in [-0.25, -0.2) is 9.37 Å². The van der Waals surface area contributed by atoms with Gasteiger partial charge in [0.1, 0.15) is 11.5 Å². The summed E-state index contributed by atoms with van der Waals surface area (Å²) < 4.78 is 18.0. The van der Waals surface area contributed by atoms with Gasteiger partial charge in [0.25, 0.3) is 0 Å².